The van der Waals surface area contributed by atoms with Gasteiger partial charge < -0.3 is 14.8 Å². The van der Waals surface area contributed by atoms with E-state index >= 15 is 0 Å². The van der Waals surface area contributed by atoms with E-state index in [1.807, 2.05) is 38.4 Å². The summed E-state index contributed by atoms with van der Waals surface area (Å²) in [6.45, 7) is 0.869. The summed E-state index contributed by atoms with van der Waals surface area (Å²) in [7, 11) is 7.30. The summed E-state index contributed by atoms with van der Waals surface area (Å²) in [5.74, 6) is 0. The molecule has 0 atom stereocenters. The summed E-state index contributed by atoms with van der Waals surface area (Å²) in [6, 6.07) is 7.81. The molecule has 0 spiro atoms. The highest BCUT2D eigenvalue weighted by Crippen LogP contribution is 2.19. The van der Waals surface area contributed by atoms with E-state index < -0.39 is 0 Å². The van der Waals surface area contributed by atoms with Crippen molar-refractivity contribution in [2.75, 3.05) is 28.2 Å². The van der Waals surface area contributed by atoms with Gasteiger partial charge in [0.25, 0.3) is 0 Å². The molecule has 0 saturated carbocycles. The van der Waals surface area contributed by atoms with Crippen molar-refractivity contribution in [2.45, 2.75) is 6.54 Å². The van der Waals surface area contributed by atoms with Gasteiger partial charge in [0.15, 0.2) is 0 Å². The molecule has 0 aliphatic rings. The Bertz CT molecular complexity index is 302. The fourth-order valence-electron chi connectivity index (χ4n) is 1.35. The first kappa shape index (κ1) is 11.2. The van der Waals surface area contributed by atoms with Gasteiger partial charge in [-0.25, -0.2) is 0 Å². The minimum Gasteiger partial charge on any atom is -0.628 e. The maximum atomic E-state index is 11.7. The Kier molecular flexibility index (Phi) is 3.26. The second-order valence-electron chi connectivity index (χ2n) is 4.26. The number of nitrogens with zero attached hydrogens (tertiary/aromatic N) is 2. The van der Waals surface area contributed by atoms with Gasteiger partial charge in [0, 0.05) is 12.6 Å². The topological polar surface area (TPSA) is 26.3 Å². The Hall–Kier alpha value is -0.900. The summed E-state index contributed by atoms with van der Waals surface area (Å²) in [5.41, 5.74) is 1.97. The molecule has 0 fully saturated rings. The number of hydrogen-bond acceptors (Lipinski definition) is 2. The van der Waals surface area contributed by atoms with Crippen molar-refractivity contribution in [3.8, 4) is 0 Å². The quantitative estimate of drug-likeness (QED) is 0.542. The maximum absolute atomic E-state index is 11.7. The molecular formula is C11H18N2O. The number of quaternary nitrogens is 1. The van der Waals surface area contributed by atoms with Crippen LogP contribution >= 0.6 is 0 Å². The SMILES string of the molecule is CN(C)Cc1cccc([N+](C)(C)[O-])c1. The van der Waals surface area contributed by atoms with Gasteiger partial charge in [0.1, 0.15) is 5.69 Å². The lowest BCUT2D eigenvalue weighted by atomic mass is 10.2. The van der Waals surface area contributed by atoms with E-state index in [1.54, 1.807) is 14.1 Å². The standard InChI is InChI=1S/C11H18N2O/c1-12(2)9-10-6-5-7-11(8-10)13(3,4)14/h5-8H,9H2,1-4H3. The zero-order valence-corrected chi connectivity index (χ0v) is 9.32. The fraction of sp³-hybridized carbons (Fsp3) is 0.455. The average molecular weight is 194 g/mol. The molecule has 0 heterocycles. The molecule has 3 heteroatoms. The molecule has 1 aromatic carbocycles. The Morgan fingerprint density at radius 1 is 1.29 bits per heavy atom. The molecule has 0 N–H and O–H groups in total. The summed E-state index contributed by atoms with van der Waals surface area (Å²) < 4.78 is -0.374. The van der Waals surface area contributed by atoms with Crippen LogP contribution < -0.4 is 4.65 Å². The number of benzene rings is 1. The molecular weight excluding hydrogens is 176 g/mol. The van der Waals surface area contributed by atoms with E-state index in [2.05, 4.69) is 4.90 Å². The molecule has 78 valence electrons. The summed E-state index contributed by atoms with van der Waals surface area (Å²) >= 11 is 0. The van der Waals surface area contributed by atoms with Crippen molar-refractivity contribution in [3.05, 3.63) is 35.0 Å². The molecule has 0 unspecified atom stereocenters. The van der Waals surface area contributed by atoms with E-state index in [9.17, 15) is 5.21 Å². The van der Waals surface area contributed by atoms with Gasteiger partial charge in [-0.05, 0) is 25.7 Å². The van der Waals surface area contributed by atoms with Crippen LogP contribution in [0.5, 0.6) is 0 Å². The molecule has 0 aromatic heterocycles. The average Bonchev–Trinajstić information content (AvgIpc) is 2.01. The highest BCUT2D eigenvalue weighted by atomic mass is 16.5. The van der Waals surface area contributed by atoms with Crippen molar-refractivity contribution >= 4 is 5.69 Å². The molecule has 0 aliphatic heterocycles. The molecule has 0 aliphatic carbocycles. The summed E-state index contributed by atoms with van der Waals surface area (Å²) in [4.78, 5) is 2.09. The lowest BCUT2D eigenvalue weighted by molar-refractivity contribution is 0.402. The first-order chi connectivity index (χ1) is 6.39. The first-order valence-electron chi connectivity index (χ1n) is 4.69. The predicted molar refractivity (Wildman–Crippen MR) is 60.8 cm³/mol. The van der Waals surface area contributed by atoms with E-state index in [-0.39, 0.29) is 4.65 Å². The number of hydroxylamine groups is 2. The molecule has 14 heavy (non-hydrogen) atoms. The lowest BCUT2D eigenvalue weighted by Crippen LogP contribution is -2.32. The smallest absolute Gasteiger partial charge is 0.132 e. The Morgan fingerprint density at radius 2 is 1.93 bits per heavy atom. The van der Waals surface area contributed by atoms with E-state index in [0.29, 0.717) is 0 Å². The molecule has 1 rings (SSSR count). The third-order valence-electron chi connectivity index (χ3n) is 2.03. The van der Waals surface area contributed by atoms with Gasteiger partial charge >= 0.3 is 0 Å². The maximum Gasteiger partial charge on any atom is 0.132 e. The van der Waals surface area contributed by atoms with Gasteiger partial charge in [-0.1, -0.05) is 12.1 Å². The van der Waals surface area contributed by atoms with Crippen LogP contribution in [0.15, 0.2) is 24.3 Å². The van der Waals surface area contributed by atoms with Crippen LogP contribution in [0.3, 0.4) is 0 Å². The highest BCUT2D eigenvalue weighted by Gasteiger charge is 2.07. The second kappa shape index (κ2) is 4.09. The minimum absolute atomic E-state index is 0.374. The van der Waals surface area contributed by atoms with Crippen LogP contribution in [0.2, 0.25) is 0 Å². The fourth-order valence-corrected chi connectivity index (χ4v) is 1.35. The predicted octanol–water partition coefficient (Wildman–Crippen LogP) is 1.81. The first-order valence-corrected chi connectivity index (χ1v) is 4.69. The summed E-state index contributed by atoms with van der Waals surface area (Å²) in [5, 5.41) is 11.7. The van der Waals surface area contributed by atoms with E-state index in [4.69, 9.17) is 0 Å². The van der Waals surface area contributed by atoms with Crippen molar-refractivity contribution in [2.24, 2.45) is 0 Å². The second-order valence-corrected chi connectivity index (χ2v) is 4.26. The number of hydrogen-bond donors (Lipinski definition) is 0. The third kappa shape index (κ3) is 3.10. The van der Waals surface area contributed by atoms with Crippen molar-refractivity contribution in [1.82, 2.24) is 9.55 Å². The van der Waals surface area contributed by atoms with Crippen LogP contribution in [0.25, 0.3) is 0 Å². The molecule has 0 bridgehead atoms. The van der Waals surface area contributed by atoms with Crippen molar-refractivity contribution in [3.63, 3.8) is 0 Å². The summed E-state index contributed by atoms with van der Waals surface area (Å²) in [6.07, 6.45) is 0. The van der Waals surface area contributed by atoms with Crippen LogP contribution in [-0.4, -0.2) is 33.1 Å². The van der Waals surface area contributed by atoms with Gasteiger partial charge in [0.2, 0.25) is 0 Å². The van der Waals surface area contributed by atoms with Crippen LogP contribution in [0.1, 0.15) is 5.56 Å². The van der Waals surface area contributed by atoms with Crippen molar-refractivity contribution in [1.29, 1.82) is 0 Å². The van der Waals surface area contributed by atoms with Crippen LogP contribution in [-0.2, 0) is 6.54 Å². The largest absolute Gasteiger partial charge is 0.628 e. The normalized spacial score (nSPS) is 12.1. The zero-order chi connectivity index (χ0) is 10.8. The lowest BCUT2D eigenvalue weighted by Gasteiger charge is -2.33. The Morgan fingerprint density at radius 3 is 2.43 bits per heavy atom. The number of rotatable bonds is 3. The highest BCUT2D eigenvalue weighted by molar-refractivity contribution is 5.44. The Labute approximate surface area is 85.7 Å². The molecule has 0 amide bonds. The molecule has 1 aromatic rings. The van der Waals surface area contributed by atoms with Gasteiger partial charge in [-0.2, -0.15) is 0 Å². The van der Waals surface area contributed by atoms with Crippen LogP contribution in [0.4, 0.5) is 5.69 Å². The van der Waals surface area contributed by atoms with Crippen LogP contribution in [0, 0.1) is 5.21 Å². The minimum atomic E-state index is -0.374. The molecule has 0 saturated heterocycles. The zero-order valence-electron chi connectivity index (χ0n) is 9.32. The van der Waals surface area contributed by atoms with Gasteiger partial charge in [0.05, 0.1) is 14.1 Å². The van der Waals surface area contributed by atoms with Gasteiger partial charge in [-0.15, -0.1) is 0 Å². The van der Waals surface area contributed by atoms with Crippen molar-refractivity contribution < 1.29 is 0 Å². The molecule has 0 radical (unpaired) electrons. The van der Waals surface area contributed by atoms with E-state index in [1.165, 1.54) is 5.56 Å². The van der Waals surface area contributed by atoms with E-state index in [0.717, 1.165) is 12.2 Å². The third-order valence-corrected chi connectivity index (χ3v) is 2.03. The Balaban J connectivity index is 2.90. The monoisotopic (exact) mass is 194 g/mol. The molecule has 3 nitrogen and oxygen atoms in total. The van der Waals surface area contributed by atoms with Gasteiger partial charge in [-0.3, -0.25) is 0 Å².